The second-order valence-electron chi connectivity index (χ2n) is 5.96. The first-order valence-electron chi connectivity index (χ1n) is 7.86. The van der Waals surface area contributed by atoms with Crippen LogP contribution in [0.1, 0.15) is 16.8 Å². The Labute approximate surface area is 144 Å². The number of rotatable bonds is 3. The summed E-state index contributed by atoms with van der Waals surface area (Å²) in [6.45, 7) is 6.20. The molecule has 5 heteroatoms. The van der Waals surface area contributed by atoms with E-state index in [0.717, 1.165) is 33.5 Å². The summed E-state index contributed by atoms with van der Waals surface area (Å²) >= 11 is 1.60. The molecule has 4 nitrogen and oxygen atoms in total. The Kier molecular flexibility index (Phi) is 3.58. The van der Waals surface area contributed by atoms with E-state index in [9.17, 15) is 0 Å². The van der Waals surface area contributed by atoms with Gasteiger partial charge in [0.25, 0.3) is 0 Å². The Morgan fingerprint density at radius 2 is 1.79 bits per heavy atom. The number of hydrogen-bond donors (Lipinski definition) is 1. The van der Waals surface area contributed by atoms with Gasteiger partial charge in [-0.05, 0) is 44.5 Å². The molecule has 0 amide bonds. The van der Waals surface area contributed by atoms with E-state index in [1.165, 1.54) is 11.1 Å². The number of anilines is 2. The van der Waals surface area contributed by atoms with Gasteiger partial charge in [0.1, 0.15) is 11.3 Å². The van der Waals surface area contributed by atoms with Crippen LogP contribution in [0, 0.1) is 20.8 Å². The molecule has 0 aliphatic carbocycles. The number of benzene rings is 1. The van der Waals surface area contributed by atoms with Gasteiger partial charge in [0.05, 0.1) is 11.4 Å². The van der Waals surface area contributed by atoms with Crippen molar-refractivity contribution in [3.63, 3.8) is 0 Å². The zero-order valence-corrected chi connectivity index (χ0v) is 14.7. The van der Waals surface area contributed by atoms with E-state index in [1.54, 1.807) is 11.3 Å². The summed E-state index contributed by atoms with van der Waals surface area (Å²) in [6, 6.07) is 12.4. The lowest BCUT2D eigenvalue weighted by molar-refractivity contribution is 1.15. The molecule has 0 fully saturated rings. The lowest BCUT2D eigenvalue weighted by Crippen LogP contribution is -1.92. The minimum atomic E-state index is 0.885. The summed E-state index contributed by atoms with van der Waals surface area (Å²) in [7, 11) is 0. The second-order valence-corrected chi connectivity index (χ2v) is 6.82. The predicted molar refractivity (Wildman–Crippen MR) is 100 cm³/mol. The van der Waals surface area contributed by atoms with Crippen LogP contribution in [0.4, 0.5) is 10.8 Å². The summed E-state index contributed by atoms with van der Waals surface area (Å²) in [5.74, 6) is 0. The van der Waals surface area contributed by atoms with Crippen molar-refractivity contribution >= 4 is 27.8 Å². The van der Waals surface area contributed by atoms with Crippen LogP contribution < -0.4 is 5.32 Å². The van der Waals surface area contributed by atoms with E-state index in [0.29, 0.717) is 0 Å². The maximum Gasteiger partial charge on any atom is 0.187 e. The lowest BCUT2D eigenvalue weighted by Gasteiger charge is -2.03. The maximum absolute atomic E-state index is 4.76. The molecule has 0 spiro atoms. The molecule has 1 aromatic carbocycles. The van der Waals surface area contributed by atoms with Gasteiger partial charge in [-0.2, -0.15) is 0 Å². The molecule has 1 N–H and O–H groups in total. The minimum Gasteiger partial charge on any atom is -0.332 e. The zero-order chi connectivity index (χ0) is 16.7. The molecule has 0 saturated carbocycles. The second kappa shape index (κ2) is 5.76. The molecule has 0 aliphatic heterocycles. The van der Waals surface area contributed by atoms with E-state index >= 15 is 0 Å². The van der Waals surface area contributed by atoms with Gasteiger partial charge in [-0.1, -0.05) is 23.8 Å². The first-order valence-corrected chi connectivity index (χ1v) is 8.73. The predicted octanol–water partition coefficient (Wildman–Crippen LogP) is 5.13. The number of imidazole rings is 1. The van der Waals surface area contributed by atoms with Crippen molar-refractivity contribution in [1.82, 2.24) is 14.4 Å². The average molecular weight is 334 g/mol. The van der Waals surface area contributed by atoms with Crippen molar-refractivity contribution in [2.75, 3.05) is 5.32 Å². The number of aryl methyl sites for hydroxylation is 3. The number of thiazole rings is 1. The van der Waals surface area contributed by atoms with Crippen molar-refractivity contribution in [3.8, 4) is 11.4 Å². The highest BCUT2D eigenvalue weighted by atomic mass is 32.1. The molecule has 0 aliphatic rings. The molecular weight excluding hydrogens is 316 g/mol. The van der Waals surface area contributed by atoms with Crippen LogP contribution in [0.2, 0.25) is 0 Å². The molecule has 4 rings (SSSR count). The molecule has 120 valence electrons. The summed E-state index contributed by atoms with van der Waals surface area (Å²) in [5.41, 5.74) is 7.46. The lowest BCUT2D eigenvalue weighted by atomic mass is 10.2. The molecule has 0 atom stereocenters. The van der Waals surface area contributed by atoms with Gasteiger partial charge in [-0.3, -0.25) is 4.40 Å². The summed E-state index contributed by atoms with van der Waals surface area (Å²) < 4.78 is 2.12. The van der Waals surface area contributed by atoms with Crippen LogP contribution in [0.25, 0.3) is 17.0 Å². The van der Waals surface area contributed by atoms with Crippen LogP contribution in [0.15, 0.2) is 48.0 Å². The van der Waals surface area contributed by atoms with Gasteiger partial charge in [-0.15, -0.1) is 11.3 Å². The van der Waals surface area contributed by atoms with Gasteiger partial charge in [0.2, 0.25) is 0 Å². The van der Waals surface area contributed by atoms with Crippen molar-refractivity contribution in [3.05, 3.63) is 64.8 Å². The molecule has 4 aromatic rings. The van der Waals surface area contributed by atoms with Gasteiger partial charge >= 0.3 is 0 Å². The fourth-order valence-electron chi connectivity index (χ4n) is 2.83. The number of nitrogens with one attached hydrogen (secondary N) is 1. The van der Waals surface area contributed by atoms with Crippen LogP contribution in [0.3, 0.4) is 0 Å². The SMILES string of the molecule is Cc1ccc(Nc2nc(-c3c(C)nc4c(C)cccn34)cs2)cc1. The van der Waals surface area contributed by atoms with Gasteiger partial charge < -0.3 is 5.32 Å². The Morgan fingerprint density at radius 3 is 2.58 bits per heavy atom. The number of pyridine rings is 1. The summed E-state index contributed by atoms with van der Waals surface area (Å²) in [4.78, 5) is 9.46. The average Bonchev–Trinajstić information content (AvgIpc) is 3.14. The highest BCUT2D eigenvalue weighted by Crippen LogP contribution is 2.30. The monoisotopic (exact) mass is 334 g/mol. The quantitative estimate of drug-likeness (QED) is 0.565. The minimum absolute atomic E-state index is 0.885. The third-order valence-corrected chi connectivity index (χ3v) is 4.83. The largest absolute Gasteiger partial charge is 0.332 e. The Balaban J connectivity index is 1.71. The molecule has 3 aromatic heterocycles. The molecular formula is C19H18N4S. The van der Waals surface area contributed by atoms with Crippen LogP contribution in [-0.4, -0.2) is 14.4 Å². The van der Waals surface area contributed by atoms with E-state index in [2.05, 4.69) is 59.3 Å². The van der Waals surface area contributed by atoms with E-state index in [1.807, 2.05) is 19.2 Å². The number of aromatic nitrogens is 3. The van der Waals surface area contributed by atoms with E-state index in [4.69, 9.17) is 9.97 Å². The Bertz CT molecular complexity index is 1010. The maximum atomic E-state index is 4.76. The molecule has 0 saturated heterocycles. The van der Waals surface area contributed by atoms with E-state index < -0.39 is 0 Å². The normalized spacial score (nSPS) is 11.1. The third-order valence-electron chi connectivity index (χ3n) is 4.07. The van der Waals surface area contributed by atoms with Gasteiger partial charge in [-0.25, -0.2) is 9.97 Å². The number of nitrogens with zero attached hydrogens (tertiary/aromatic N) is 3. The highest BCUT2D eigenvalue weighted by Gasteiger charge is 2.15. The topological polar surface area (TPSA) is 42.2 Å². The summed E-state index contributed by atoms with van der Waals surface area (Å²) in [6.07, 6.45) is 2.05. The first kappa shape index (κ1) is 14.9. The smallest absolute Gasteiger partial charge is 0.187 e. The standard InChI is InChI=1S/C19H18N4S/c1-12-6-8-15(9-7-12)21-19-22-16(11-24-19)17-14(3)20-18-13(2)5-4-10-23(17)18/h4-11H,1-3H3,(H,21,22). The van der Waals surface area contributed by atoms with Crippen LogP contribution in [0.5, 0.6) is 0 Å². The summed E-state index contributed by atoms with van der Waals surface area (Å²) in [5, 5.41) is 6.33. The zero-order valence-electron chi connectivity index (χ0n) is 13.9. The number of hydrogen-bond acceptors (Lipinski definition) is 4. The van der Waals surface area contributed by atoms with Crippen molar-refractivity contribution < 1.29 is 0 Å². The third kappa shape index (κ3) is 2.57. The Morgan fingerprint density at radius 1 is 1.00 bits per heavy atom. The van der Waals surface area contributed by atoms with Crippen molar-refractivity contribution in [2.45, 2.75) is 20.8 Å². The van der Waals surface area contributed by atoms with Crippen molar-refractivity contribution in [1.29, 1.82) is 0 Å². The Hall–Kier alpha value is -2.66. The molecule has 0 radical (unpaired) electrons. The fraction of sp³-hybridized carbons (Fsp3) is 0.158. The van der Waals surface area contributed by atoms with Crippen LogP contribution in [-0.2, 0) is 0 Å². The first-order chi connectivity index (χ1) is 11.6. The van der Waals surface area contributed by atoms with Gasteiger partial charge in [0, 0.05) is 17.3 Å². The number of fused-ring (bicyclic) bond motifs is 1. The van der Waals surface area contributed by atoms with Crippen molar-refractivity contribution in [2.24, 2.45) is 0 Å². The molecule has 24 heavy (non-hydrogen) atoms. The van der Waals surface area contributed by atoms with Gasteiger partial charge in [0.15, 0.2) is 5.13 Å². The highest BCUT2D eigenvalue weighted by molar-refractivity contribution is 7.14. The van der Waals surface area contributed by atoms with E-state index in [-0.39, 0.29) is 0 Å². The van der Waals surface area contributed by atoms with Crippen LogP contribution >= 0.6 is 11.3 Å². The molecule has 0 bridgehead atoms. The fourth-order valence-corrected chi connectivity index (χ4v) is 3.54. The molecule has 3 heterocycles. The molecule has 0 unspecified atom stereocenters.